The third kappa shape index (κ3) is 2.45. The van der Waals surface area contributed by atoms with Crippen LogP contribution in [0.4, 0.5) is 0 Å². The number of hydrogen-bond donors (Lipinski definition) is 0. The van der Waals surface area contributed by atoms with Gasteiger partial charge in [0, 0.05) is 5.41 Å². The third-order valence-corrected chi connectivity index (χ3v) is 6.85. The van der Waals surface area contributed by atoms with Gasteiger partial charge in [-0.15, -0.1) is 0 Å². The first-order valence-electron chi connectivity index (χ1n) is 9.40. The zero-order valence-electron chi connectivity index (χ0n) is 13.8. The average molecular weight is 307 g/mol. The zero-order valence-corrected chi connectivity index (χ0v) is 13.8. The van der Waals surface area contributed by atoms with E-state index in [0.29, 0.717) is 11.3 Å². The second-order valence-corrected chi connectivity index (χ2v) is 8.84. The minimum absolute atomic E-state index is 0.462. The van der Waals surface area contributed by atoms with Crippen molar-refractivity contribution in [1.82, 2.24) is 0 Å². The molecule has 6 rings (SSSR count). The van der Waals surface area contributed by atoms with Crippen molar-refractivity contribution in [2.75, 3.05) is 6.61 Å². The first-order valence-corrected chi connectivity index (χ1v) is 9.40. The van der Waals surface area contributed by atoms with E-state index in [1.54, 1.807) is 0 Å². The van der Waals surface area contributed by atoms with E-state index in [1.165, 1.54) is 56.9 Å². The number of ether oxygens (including phenoxy) is 1. The Balaban J connectivity index is 1.36. The Kier molecular flexibility index (Phi) is 3.02. The van der Waals surface area contributed by atoms with Crippen LogP contribution in [0.2, 0.25) is 0 Å². The normalized spacial score (nSPS) is 37.6. The molecule has 0 unspecified atom stereocenters. The van der Waals surface area contributed by atoms with Gasteiger partial charge < -0.3 is 4.74 Å². The van der Waals surface area contributed by atoms with Crippen molar-refractivity contribution in [3.8, 4) is 11.8 Å². The molecule has 0 aromatic heterocycles. The van der Waals surface area contributed by atoms with Gasteiger partial charge >= 0.3 is 0 Å². The summed E-state index contributed by atoms with van der Waals surface area (Å²) in [6, 6.07) is 8.30. The van der Waals surface area contributed by atoms with Crippen molar-refractivity contribution in [1.29, 1.82) is 5.26 Å². The molecule has 0 aliphatic heterocycles. The second kappa shape index (κ2) is 5.00. The smallest absolute Gasteiger partial charge is 0.122 e. The van der Waals surface area contributed by atoms with E-state index < -0.39 is 0 Å². The number of nitrogens with zero attached hydrogens (tertiary/aromatic N) is 1. The summed E-state index contributed by atoms with van der Waals surface area (Å²) in [5, 5.41) is 9.15. The van der Waals surface area contributed by atoms with Crippen molar-refractivity contribution in [3.63, 3.8) is 0 Å². The molecule has 23 heavy (non-hydrogen) atoms. The largest absolute Gasteiger partial charge is 0.493 e. The molecule has 5 aliphatic carbocycles. The third-order valence-electron chi connectivity index (χ3n) is 6.85. The lowest BCUT2D eigenvalue weighted by molar-refractivity contribution is -0.0746. The van der Waals surface area contributed by atoms with Gasteiger partial charge in [0.2, 0.25) is 0 Å². The van der Waals surface area contributed by atoms with Crippen LogP contribution in [-0.2, 0) is 0 Å². The van der Waals surface area contributed by atoms with Gasteiger partial charge in [0.05, 0.1) is 18.2 Å². The van der Waals surface area contributed by atoms with E-state index in [-0.39, 0.29) is 0 Å². The molecule has 120 valence electrons. The predicted octanol–water partition coefficient (Wildman–Crippen LogP) is 5.03. The summed E-state index contributed by atoms with van der Waals surface area (Å²) in [6.07, 6.45) is 11.2. The number of nitriles is 1. The Hall–Kier alpha value is -1.49. The summed E-state index contributed by atoms with van der Waals surface area (Å²) < 4.78 is 6.41. The van der Waals surface area contributed by atoms with E-state index in [2.05, 4.69) is 12.1 Å². The second-order valence-electron chi connectivity index (χ2n) is 8.84. The monoisotopic (exact) mass is 307 g/mol. The molecule has 0 saturated heterocycles. The molecule has 5 saturated carbocycles. The molecule has 0 radical (unpaired) electrons. The molecule has 5 fully saturated rings. The first kappa shape index (κ1) is 13.9. The predicted molar refractivity (Wildman–Crippen MR) is 89.2 cm³/mol. The standard InChI is InChI=1S/C21H25NO/c22-12-14-1-4-20(19(8-14)18-2-3-18)23-13-21-9-15-5-16(10-21)7-17(6-15)11-21/h1,4,8,15-18H,2-3,5-7,9-11,13H2. The summed E-state index contributed by atoms with van der Waals surface area (Å²) in [5.74, 6) is 4.63. The van der Waals surface area contributed by atoms with Crippen LogP contribution >= 0.6 is 0 Å². The molecule has 2 heteroatoms. The lowest BCUT2D eigenvalue weighted by atomic mass is 9.50. The van der Waals surface area contributed by atoms with E-state index in [0.717, 1.165) is 35.7 Å². The topological polar surface area (TPSA) is 33.0 Å². The number of benzene rings is 1. The van der Waals surface area contributed by atoms with E-state index >= 15 is 0 Å². The zero-order chi connectivity index (χ0) is 15.4. The van der Waals surface area contributed by atoms with Crippen LogP contribution in [0, 0.1) is 34.5 Å². The van der Waals surface area contributed by atoms with Gasteiger partial charge in [0.25, 0.3) is 0 Å². The fraction of sp³-hybridized carbons (Fsp3) is 0.667. The Morgan fingerprint density at radius 3 is 2.26 bits per heavy atom. The van der Waals surface area contributed by atoms with Crippen molar-refractivity contribution in [2.45, 2.75) is 57.3 Å². The van der Waals surface area contributed by atoms with E-state index in [1.807, 2.05) is 12.1 Å². The van der Waals surface area contributed by atoms with E-state index in [9.17, 15) is 0 Å². The van der Waals surface area contributed by atoms with Crippen molar-refractivity contribution < 1.29 is 4.74 Å². The molecule has 1 aromatic rings. The first-order chi connectivity index (χ1) is 11.2. The molecule has 4 bridgehead atoms. The van der Waals surface area contributed by atoms with Gasteiger partial charge in [-0.3, -0.25) is 0 Å². The molecule has 1 aromatic carbocycles. The quantitative estimate of drug-likeness (QED) is 0.781. The highest BCUT2D eigenvalue weighted by Gasteiger charge is 2.51. The molecule has 0 heterocycles. The van der Waals surface area contributed by atoms with Crippen LogP contribution in [0.3, 0.4) is 0 Å². The summed E-state index contributed by atoms with van der Waals surface area (Å²) in [5.41, 5.74) is 2.52. The van der Waals surface area contributed by atoms with Crippen LogP contribution in [0.25, 0.3) is 0 Å². The molecule has 0 N–H and O–H groups in total. The molecule has 5 aliphatic rings. The van der Waals surface area contributed by atoms with Gasteiger partial charge in [-0.25, -0.2) is 0 Å². The van der Waals surface area contributed by atoms with Crippen molar-refractivity contribution >= 4 is 0 Å². The summed E-state index contributed by atoms with van der Waals surface area (Å²) in [4.78, 5) is 0. The summed E-state index contributed by atoms with van der Waals surface area (Å²) >= 11 is 0. The lowest BCUT2D eigenvalue weighted by Gasteiger charge is -2.56. The fourth-order valence-corrected chi connectivity index (χ4v) is 6.16. The van der Waals surface area contributed by atoms with Gasteiger partial charge in [0.15, 0.2) is 0 Å². The van der Waals surface area contributed by atoms with E-state index in [4.69, 9.17) is 10.00 Å². The molecule has 0 atom stereocenters. The fourth-order valence-electron chi connectivity index (χ4n) is 6.16. The molecule has 0 amide bonds. The molecular weight excluding hydrogens is 282 g/mol. The summed E-state index contributed by atoms with van der Waals surface area (Å²) in [6.45, 7) is 0.905. The minimum Gasteiger partial charge on any atom is -0.493 e. The van der Waals surface area contributed by atoms with Crippen LogP contribution in [0.15, 0.2) is 18.2 Å². The van der Waals surface area contributed by atoms with Gasteiger partial charge in [-0.1, -0.05) is 0 Å². The number of rotatable bonds is 4. The maximum absolute atomic E-state index is 9.15. The van der Waals surface area contributed by atoms with Gasteiger partial charge in [-0.05, 0) is 98.8 Å². The van der Waals surface area contributed by atoms with Crippen molar-refractivity contribution in [2.24, 2.45) is 23.2 Å². The highest BCUT2D eigenvalue weighted by Crippen LogP contribution is 2.60. The maximum atomic E-state index is 9.15. The molecular formula is C21H25NO. The van der Waals surface area contributed by atoms with Crippen molar-refractivity contribution in [3.05, 3.63) is 29.3 Å². The summed E-state index contributed by atoms with van der Waals surface area (Å²) in [7, 11) is 0. The lowest BCUT2D eigenvalue weighted by Crippen LogP contribution is -2.48. The Bertz CT molecular complexity index is 632. The Morgan fingerprint density at radius 1 is 1.04 bits per heavy atom. The van der Waals surface area contributed by atoms with Crippen LogP contribution < -0.4 is 4.74 Å². The Morgan fingerprint density at radius 2 is 1.70 bits per heavy atom. The Labute approximate surface area is 138 Å². The average Bonchev–Trinajstić information content (AvgIpc) is 3.36. The van der Waals surface area contributed by atoms with Crippen LogP contribution in [0.5, 0.6) is 5.75 Å². The molecule has 0 spiro atoms. The SMILES string of the molecule is N#Cc1ccc(OCC23CC4CC(CC(C4)C2)C3)c(C2CC2)c1. The maximum Gasteiger partial charge on any atom is 0.122 e. The minimum atomic E-state index is 0.462. The van der Waals surface area contributed by atoms with Gasteiger partial charge in [0.1, 0.15) is 5.75 Å². The van der Waals surface area contributed by atoms with Gasteiger partial charge in [-0.2, -0.15) is 5.26 Å². The van der Waals surface area contributed by atoms with Crippen LogP contribution in [-0.4, -0.2) is 6.61 Å². The molecule has 2 nitrogen and oxygen atoms in total. The highest BCUT2D eigenvalue weighted by atomic mass is 16.5. The number of hydrogen-bond acceptors (Lipinski definition) is 2. The highest BCUT2D eigenvalue weighted by molar-refractivity contribution is 5.45. The van der Waals surface area contributed by atoms with Crippen LogP contribution in [0.1, 0.15) is 68.4 Å².